The number of carbonyl (C=O) groups excluding carboxylic acids is 3. The molecule has 1 aromatic heterocycles. The Morgan fingerprint density at radius 2 is 1.69 bits per heavy atom. The summed E-state index contributed by atoms with van der Waals surface area (Å²) in [6.07, 6.45) is 0. The molecule has 2 aromatic carbocycles. The molecule has 2 amide bonds. The molecule has 0 saturated heterocycles. The number of carbonyl (C=O) groups is 3. The fourth-order valence-corrected chi connectivity index (χ4v) is 3.05. The van der Waals surface area contributed by atoms with E-state index in [9.17, 15) is 14.4 Å². The van der Waals surface area contributed by atoms with Crippen LogP contribution in [-0.2, 0) is 16.1 Å². The number of hydrogen-bond donors (Lipinski definition) is 0. The summed E-state index contributed by atoms with van der Waals surface area (Å²) in [5.41, 5.74) is 2.43. The SMILES string of the molecule is Cc1ccc(-c2noc(COC(=O)C(C)N3C(=O)c4ccccc4C3=O)n2)cc1. The molecule has 0 fully saturated rings. The van der Waals surface area contributed by atoms with E-state index in [-0.39, 0.29) is 23.6 Å². The number of esters is 1. The first-order valence-corrected chi connectivity index (χ1v) is 8.99. The van der Waals surface area contributed by atoms with Gasteiger partial charge in [0.2, 0.25) is 5.82 Å². The Hall–Kier alpha value is -3.81. The van der Waals surface area contributed by atoms with E-state index in [0.29, 0.717) is 5.82 Å². The quantitative estimate of drug-likeness (QED) is 0.487. The second-order valence-corrected chi connectivity index (χ2v) is 6.69. The van der Waals surface area contributed by atoms with Crippen LogP contribution in [0.15, 0.2) is 53.1 Å². The summed E-state index contributed by atoms with van der Waals surface area (Å²) in [6, 6.07) is 12.9. The predicted molar refractivity (Wildman–Crippen MR) is 101 cm³/mol. The minimum absolute atomic E-state index is 0.114. The highest BCUT2D eigenvalue weighted by Gasteiger charge is 2.41. The molecule has 1 aliphatic rings. The van der Waals surface area contributed by atoms with Gasteiger partial charge in [0.25, 0.3) is 17.7 Å². The van der Waals surface area contributed by atoms with Gasteiger partial charge in [-0.1, -0.05) is 47.1 Å². The van der Waals surface area contributed by atoms with E-state index in [1.54, 1.807) is 24.3 Å². The lowest BCUT2D eigenvalue weighted by atomic mass is 10.1. The third-order valence-corrected chi connectivity index (χ3v) is 4.67. The lowest BCUT2D eigenvalue weighted by Crippen LogP contribution is -2.43. The highest BCUT2D eigenvalue weighted by molar-refractivity contribution is 6.22. The zero-order valence-electron chi connectivity index (χ0n) is 15.8. The zero-order valence-corrected chi connectivity index (χ0v) is 15.8. The van der Waals surface area contributed by atoms with Gasteiger partial charge in [0.1, 0.15) is 6.04 Å². The Morgan fingerprint density at radius 3 is 2.31 bits per heavy atom. The molecule has 0 spiro atoms. The molecule has 146 valence electrons. The van der Waals surface area contributed by atoms with Crippen molar-refractivity contribution in [3.05, 3.63) is 71.1 Å². The minimum atomic E-state index is -1.08. The van der Waals surface area contributed by atoms with Crippen LogP contribution >= 0.6 is 0 Å². The fraction of sp³-hybridized carbons (Fsp3) is 0.190. The summed E-state index contributed by atoms with van der Waals surface area (Å²) in [6.45, 7) is 3.15. The molecule has 0 aliphatic carbocycles. The van der Waals surface area contributed by atoms with Gasteiger partial charge in [-0.15, -0.1) is 0 Å². The van der Waals surface area contributed by atoms with E-state index in [1.165, 1.54) is 6.92 Å². The Labute approximate surface area is 166 Å². The second kappa shape index (κ2) is 7.31. The molecular weight excluding hydrogens is 374 g/mol. The number of imide groups is 1. The van der Waals surface area contributed by atoms with E-state index in [0.717, 1.165) is 16.0 Å². The van der Waals surface area contributed by atoms with Crippen LogP contribution in [0.2, 0.25) is 0 Å². The first kappa shape index (κ1) is 18.5. The van der Waals surface area contributed by atoms with Crippen molar-refractivity contribution in [3.8, 4) is 11.4 Å². The summed E-state index contributed by atoms with van der Waals surface area (Å²) in [4.78, 5) is 42.4. The number of nitrogens with zero attached hydrogens (tertiary/aromatic N) is 3. The van der Waals surface area contributed by atoms with Gasteiger partial charge in [-0.2, -0.15) is 4.98 Å². The summed E-state index contributed by atoms with van der Waals surface area (Å²) >= 11 is 0. The van der Waals surface area contributed by atoms with Crippen molar-refractivity contribution in [1.82, 2.24) is 15.0 Å². The first-order valence-electron chi connectivity index (χ1n) is 8.99. The van der Waals surface area contributed by atoms with Gasteiger partial charge in [-0.25, -0.2) is 4.79 Å². The number of aryl methyl sites for hydroxylation is 1. The molecule has 0 saturated carbocycles. The van der Waals surface area contributed by atoms with E-state index in [4.69, 9.17) is 9.26 Å². The van der Waals surface area contributed by atoms with Crippen LogP contribution in [0.25, 0.3) is 11.4 Å². The van der Waals surface area contributed by atoms with Gasteiger partial charge in [-0.3, -0.25) is 14.5 Å². The topological polar surface area (TPSA) is 103 Å². The third-order valence-electron chi connectivity index (χ3n) is 4.67. The highest BCUT2D eigenvalue weighted by atomic mass is 16.6. The lowest BCUT2D eigenvalue weighted by molar-refractivity contribution is -0.149. The zero-order chi connectivity index (χ0) is 20.5. The standard InChI is InChI=1S/C21H17N3O5/c1-12-7-9-14(10-8-12)18-22-17(29-23-18)11-28-21(27)13(2)24-19(25)15-5-3-4-6-16(15)20(24)26/h3-10,13H,11H2,1-2H3. The molecule has 0 radical (unpaired) electrons. The van der Waals surface area contributed by atoms with E-state index >= 15 is 0 Å². The Kier molecular flexibility index (Phi) is 4.67. The second-order valence-electron chi connectivity index (χ2n) is 6.69. The van der Waals surface area contributed by atoms with E-state index in [1.807, 2.05) is 31.2 Å². The van der Waals surface area contributed by atoms with E-state index < -0.39 is 23.8 Å². The minimum Gasteiger partial charge on any atom is -0.454 e. The van der Waals surface area contributed by atoms with Gasteiger partial charge in [0, 0.05) is 5.56 Å². The van der Waals surface area contributed by atoms with Gasteiger partial charge < -0.3 is 9.26 Å². The van der Waals surface area contributed by atoms with Crippen LogP contribution in [0.4, 0.5) is 0 Å². The van der Waals surface area contributed by atoms with Crippen molar-refractivity contribution >= 4 is 17.8 Å². The van der Waals surface area contributed by atoms with Gasteiger partial charge in [0.15, 0.2) is 6.61 Å². The summed E-state index contributed by atoms with van der Waals surface area (Å²) < 4.78 is 10.3. The average molecular weight is 391 g/mol. The number of fused-ring (bicyclic) bond motifs is 1. The van der Waals surface area contributed by atoms with Gasteiger partial charge >= 0.3 is 5.97 Å². The molecule has 1 aliphatic heterocycles. The number of benzene rings is 2. The van der Waals surface area contributed by atoms with Gasteiger partial charge in [0.05, 0.1) is 11.1 Å². The molecule has 2 heterocycles. The largest absolute Gasteiger partial charge is 0.454 e. The van der Waals surface area contributed by atoms with Crippen LogP contribution < -0.4 is 0 Å². The van der Waals surface area contributed by atoms with Crippen LogP contribution in [0.5, 0.6) is 0 Å². The number of ether oxygens (including phenoxy) is 1. The third kappa shape index (κ3) is 3.40. The van der Waals surface area contributed by atoms with Crippen molar-refractivity contribution in [1.29, 1.82) is 0 Å². The highest BCUT2D eigenvalue weighted by Crippen LogP contribution is 2.25. The maximum absolute atomic E-state index is 12.5. The predicted octanol–water partition coefficient (Wildman–Crippen LogP) is 2.77. The smallest absolute Gasteiger partial charge is 0.329 e. The molecule has 1 atom stereocenters. The molecule has 4 rings (SSSR count). The Bertz CT molecular complexity index is 1070. The first-order chi connectivity index (χ1) is 14.0. The van der Waals surface area contributed by atoms with Crippen LogP contribution in [-0.4, -0.2) is 38.9 Å². The number of aromatic nitrogens is 2. The summed E-state index contributed by atoms with van der Waals surface area (Å²) in [7, 11) is 0. The monoisotopic (exact) mass is 391 g/mol. The molecule has 8 heteroatoms. The molecule has 3 aromatic rings. The summed E-state index contributed by atoms with van der Waals surface area (Å²) in [5.74, 6) is -1.29. The van der Waals surface area contributed by atoms with Crippen molar-refractivity contribution in [2.45, 2.75) is 26.5 Å². The molecule has 8 nitrogen and oxygen atoms in total. The Morgan fingerprint density at radius 1 is 1.07 bits per heavy atom. The lowest BCUT2D eigenvalue weighted by Gasteiger charge is -2.20. The number of rotatable bonds is 5. The van der Waals surface area contributed by atoms with Crippen molar-refractivity contribution < 1.29 is 23.6 Å². The van der Waals surface area contributed by atoms with Crippen LogP contribution in [0.1, 0.15) is 39.1 Å². The normalized spacial score (nSPS) is 14.1. The molecule has 1 unspecified atom stereocenters. The average Bonchev–Trinajstić information content (AvgIpc) is 3.30. The number of hydrogen-bond acceptors (Lipinski definition) is 7. The van der Waals surface area contributed by atoms with Crippen LogP contribution in [0.3, 0.4) is 0 Å². The van der Waals surface area contributed by atoms with Crippen molar-refractivity contribution in [2.24, 2.45) is 0 Å². The summed E-state index contributed by atoms with van der Waals surface area (Å²) in [5, 5.41) is 3.87. The van der Waals surface area contributed by atoms with E-state index in [2.05, 4.69) is 10.1 Å². The maximum Gasteiger partial charge on any atom is 0.329 e. The molecular formula is C21H17N3O5. The molecule has 0 bridgehead atoms. The fourth-order valence-electron chi connectivity index (χ4n) is 3.05. The maximum atomic E-state index is 12.5. The van der Waals surface area contributed by atoms with Crippen LogP contribution in [0, 0.1) is 6.92 Å². The Balaban J connectivity index is 1.41. The number of amides is 2. The van der Waals surface area contributed by atoms with Crippen molar-refractivity contribution in [3.63, 3.8) is 0 Å². The molecule has 0 N–H and O–H groups in total. The van der Waals surface area contributed by atoms with Gasteiger partial charge in [-0.05, 0) is 26.0 Å². The molecule has 29 heavy (non-hydrogen) atoms. The van der Waals surface area contributed by atoms with Crippen molar-refractivity contribution in [2.75, 3.05) is 0 Å².